The van der Waals surface area contributed by atoms with Gasteiger partial charge in [0.2, 0.25) is 0 Å². The third-order valence-corrected chi connectivity index (χ3v) is 10.7. The van der Waals surface area contributed by atoms with Crippen LogP contribution in [0.4, 0.5) is 20.2 Å². The van der Waals surface area contributed by atoms with Crippen LogP contribution in [0.15, 0.2) is 60.7 Å². The summed E-state index contributed by atoms with van der Waals surface area (Å²) in [7, 11) is 0. The zero-order valence-corrected chi connectivity index (χ0v) is 32.0. The van der Waals surface area contributed by atoms with Crippen molar-refractivity contribution >= 4 is 58.0 Å². The van der Waals surface area contributed by atoms with Gasteiger partial charge in [0, 0.05) is 59.3 Å². The zero-order chi connectivity index (χ0) is 38.8. The monoisotopic (exact) mass is 776 g/mol. The first-order valence-corrected chi connectivity index (χ1v) is 18.6. The third-order valence-electron chi connectivity index (χ3n) is 9.85. The summed E-state index contributed by atoms with van der Waals surface area (Å²) in [5.74, 6) is -1.98. The average Bonchev–Trinajstić information content (AvgIpc) is 3.13. The van der Waals surface area contributed by atoms with Gasteiger partial charge in [-0.05, 0) is 62.8 Å². The minimum Gasteiger partial charge on any atom is -0.478 e. The number of amides is 2. The number of ketones is 2. The minimum atomic E-state index is -0.683. The van der Waals surface area contributed by atoms with Crippen molar-refractivity contribution in [3.8, 4) is 44.9 Å². The molecule has 2 atom stereocenters. The van der Waals surface area contributed by atoms with Crippen molar-refractivity contribution in [1.82, 2.24) is 0 Å². The summed E-state index contributed by atoms with van der Waals surface area (Å²) < 4.78 is 43.8. The van der Waals surface area contributed by atoms with E-state index in [1.165, 1.54) is 23.6 Å². The molecule has 0 aliphatic carbocycles. The van der Waals surface area contributed by atoms with Crippen LogP contribution in [0.25, 0.3) is 33.4 Å². The highest BCUT2D eigenvalue weighted by Gasteiger charge is 2.33. The SMILES string of the molecule is CC(=O)CC[C@H](C)CN1C(=O)COc2c1ccc(-c1cccc(-c3cccc(-c4ccc5c(c4F)OCC(=O)N5C[C@@H](C)CCC(C)=O)c3Cl)c1Cl)c2F. The number of fused-ring (bicyclic) bond motifs is 2. The first-order valence-electron chi connectivity index (χ1n) is 17.8. The number of hydrogen-bond donors (Lipinski definition) is 0. The quantitative estimate of drug-likeness (QED) is 0.134. The summed E-state index contributed by atoms with van der Waals surface area (Å²) in [4.78, 5) is 51.7. The summed E-state index contributed by atoms with van der Waals surface area (Å²) in [5, 5.41) is 0.388. The maximum Gasteiger partial charge on any atom is 0.265 e. The topological polar surface area (TPSA) is 93.2 Å². The van der Waals surface area contributed by atoms with Crippen molar-refractivity contribution in [2.75, 3.05) is 36.1 Å². The molecule has 6 rings (SSSR count). The predicted molar refractivity (Wildman–Crippen MR) is 207 cm³/mol. The molecule has 2 aliphatic heterocycles. The summed E-state index contributed by atoms with van der Waals surface area (Å²) >= 11 is 14.0. The highest BCUT2D eigenvalue weighted by atomic mass is 35.5. The van der Waals surface area contributed by atoms with Gasteiger partial charge in [0.1, 0.15) is 11.6 Å². The number of rotatable bonds is 13. The zero-order valence-electron chi connectivity index (χ0n) is 30.4. The van der Waals surface area contributed by atoms with Crippen molar-refractivity contribution in [3.05, 3.63) is 82.3 Å². The first-order chi connectivity index (χ1) is 25.8. The van der Waals surface area contributed by atoms with Crippen molar-refractivity contribution in [2.24, 2.45) is 11.8 Å². The lowest BCUT2D eigenvalue weighted by Crippen LogP contribution is -2.41. The van der Waals surface area contributed by atoms with E-state index >= 15 is 8.78 Å². The van der Waals surface area contributed by atoms with E-state index in [1.54, 1.807) is 60.7 Å². The molecule has 2 amide bonds. The lowest BCUT2D eigenvalue weighted by molar-refractivity contribution is -0.122. The maximum absolute atomic E-state index is 16.3. The molecule has 2 aliphatic rings. The molecule has 54 heavy (non-hydrogen) atoms. The molecule has 0 fully saturated rings. The molecule has 8 nitrogen and oxygen atoms in total. The fraction of sp³-hybridized carbons (Fsp3) is 0.333. The second-order valence-electron chi connectivity index (χ2n) is 14.2. The van der Waals surface area contributed by atoms with E-state index in [0.717, 1.165) is 0 Å². The number of halogens is 4. The fourth-order valence-electron chi connectivity index (χ4n) is 6.90. The number of carbonyl (C=O) groups excluding carboxylic acids is 4. The normalized spacial score (nSPS) is 14.9. The van der Waals surface area contributed by atoms with Crippen LogP contribution < -0.4 is 19.3 Å². The Hall–Kier alpha value is -4.80. The average molecular weight is 778 g/mol. The van der Waals surface area contributed by atoms with Crippen LogP contribution in [0.2, 0.25) is 10.0 Å². The second-order valence-corrected chi connectivity index (χ2v) is 14.9. The van der Waals surface area contributed by atoms with Crippen LogP contribution in [-0.4, -0.2) is 49.7 Å². The molecule has 0 saturated heterocycles. The van der Waals surface area contributed by atoms with Crippen LogP contribution in [-0.2, 0) is 19.2 Å². The number of nitrogens with zero attached hydrogens (tertiary/aromatic N) is 2. The van der Waals surface area contributed by atoms with E-state index in [4.69, 9.17) is 32.7 Å². The molecule has 12 heteroatoms. The summed E-state index contributed by atoms with van der Waals surface area (Å²) in [6.45, 7) is 6.87. The highest BCUT2D eigenvalue weighted by Crippen LogP contribution is 2.47. The van der Waals surface area contributed by atoms with Gasteiger partial charge in [-0.2, -0.15) is 0 Å². The Kier molecular flexibility index (Phi) is 11.7. The molecule has 0 radical (unpaired) electrons. The van der Waals surface area contributed by atoms with Gasteiger partial charge in [-0.1, -0.05) is 73.4 Å². The molecule has 4 aromatic rings. The van der Waals surface area contributed by atoms with Crippen LogP contribution in [0, 0.1) is 23.5 Å². The molecule has 0 saturated carbocycles. The second kappa shape index (κ2) is 16.3. The lowest BCUT2D eigenvalue weighted by atomic mass is 9.94. The van der Waals surface area contributed by atoms with E-state index in [2.05, 4.69) is 0 Å². The lowest BCUT2D eigenvalue weighted by Gasteiger charge is -2.32. The fourth-order valence-corrected chi connectivity index (χ4v) is 7.56. The third kappa shape index (κ3) is 7.86. The van der Waals surface area contributed by atoms with Crippen molar-refractivity contribution < 1.29 is 37.4 Å². The number of carbonyl (C=O) groups is 4. The van der Waals surface area contributed by atoms with Crippen LogP contribution in [0.3, 0.4) is 0 Å². The Morgan fingerprint density at radius 3 is 1.33 bits per heavy atom. The largest absolute Gasteiger partial charge is 0.478 e. The van der Waals surface area contributed by atoms with E-state index < -0.39 is 11.6 Å². The molecule has 0 aromatic heterocycles. The predicted octanol–water partition coefficient (Wildman–Crippen LogP) is 9.73. The van der Waals surface area contributed by atoms with Gasteiger partial charge in [-0.25, -0.2) is 8.78 Å². The molecule has 4 aromatic carbocycles. The van der Waals surface area contributed by atoms with Gasteiger partial charge in [0.15, 0.2) is 36.3 Å². The van der Waals surface area contributed by atoms with Gasteiger partial charge >= 0.3 is 0 Å². The van der Waals surface area contributed by atoms with Crippen molar-refractivity contribution in [3.63, 3.8) is 0 Å². The van der Waals surface area contributed by atoms with E-state index in [1.807, 2.05) is 13.8 Å². The number of hydrogen-bond acceptors (Lipinski definition) is 6. The van der Waals surface area contributed by atoms with Crippen LogP contribution in [0.5, 0.6) is 11.5 Å². The van der Waals surface area contributed by atoms with Crippen molar-refractivity contribution in [2.45, 2.75) is 53.4 Å². The molecule has 2 heterocycles. The van der Waals surface area contributed by atoms with E-state index in [9.17, 15) is 19.2 Å². The van der Waals surface area contributed by atoms with Gasteiger partial charge in [0.25, 0.3) is 11.8 Å². The van der Waals surface area contributed by atoms with Crippen molar-refractivity contribution in [1.29, 1.82) is 0 Å². The molecule has 282 valence electrons. The summed E-state index contributed by atoms with van der Waals surface area (Å²) in [6.07, 6.45) is 1.97. The number of ether oxygens (including phenoxy) is 2. The smallest absolute Gasteiger partial charge is 0.265 e. The Bertz CT molecular complexity index is 2010. The molecular formula is C42H40Cl2F2N2O6. The highest BCUT2D eigenvalue weighted by molar-refractivity contribution is 6.39. The van der Waals surface area contributed by atoms with Gasteiger partial charge in [-0.15, -0.1) is 0 Å². The van der Waals surface area contributed by atoms with Crippen LogP contribution in [0.1, 0.15) is 53.4 Å². The van der Waals surface area contributed by atoms with E-state index in [0.29, 0.717) is 72.4 Å². The number of anilines is 2. The van der Waals surface area contributed by atoms with Gasteiger partial charge < -0.3 is 28.9 Å². The van der Waals surface area contributed by atoms with E-state index in [-0.39, 0.29) is 81.1 Å². The molecule has 0 bridgehead atoms. The number of benzene rings is 4. The summed E-state index contributed by atoms with van der Waals surface area (Å²) in [5.41, 5.74) is 2.57. The van der Waals surface area contributed by atoms with Crippen LogP contribution >= 0.6 is 23.2 Å². The maximum atomic E-state index is 16.3. The molecule has 0 unspecified atom stereocenters. The number of Topliss-reactive ketones (excluding diaryl/α,β-unsaturated/α-hetero) is 2. The first kappa shape index (κ1) is 38.9. The minimum absolute atomic E-state index is 0.00227. The Balaban J connectivity index is 1.32. The Morgan fingerprint density at radius 1 is 0.630 bits per heavy atom. The molecular weight excluding hydrogens is 737 g/mol. The summed E-state index contributed by atoms with van der Waals surface area (Å²) in [6, 6.07) is 16.6. The molecule has 0 N–H and O–H groups in total. The molecule has 0 spiro atoms. The van der Waals surface area contributed by atoms with Gasteiger partial charge in [0.05, 0.1) is 21.4 Å². The Labute approximate surface area is 322 Å². The standard InChI is InChI=1S/C42H40Cl2F2N2O6/c1-23(11-13-25(3)49)19-47-33-17-15-31(39(45)41(33)53-21-35(47)51)29-9-5-7-27(37(29)43)28-8-6-10-30(38(28)44)32-16-18-34-42(40(32)46)54-22-36(52)48(34)20-24(2)12-14-26(4)50/h5-10,15-18,23-24H,11-14,19-22H2,1-4H3/t23-,24-/m0/s1. The Morgan fingerprint density at radius 2 is 0.981 bits per heavy atom. The van der Waals surface area contributed by atoms with Gasteiger partial charge in [-0.3, -0.25) is 9.59 Å².